The van der Waals surface area contributed by atoms with E-state index in [9.17, 15) is 4.79 Å². The zero-order chi connectivity index (χ0) is 13.0. The maximum atomic E-state index is 12.0. The van der Waals surface area contributed by atoms with Crippen molar-refractivity contribution in [2.24, 2.45) is 0 Å². The standard InChI is InChI=1S/C13H19N3O2/c1-9(11-5-3-4-6-14-11)16-13(17)12-7-10(18-2)8-15-12/h3-6,9-10,12,15H,7-8H2,1-2H3,(H,16,17)/t9-,10?,12?/m0/s1. The van der Waals surface area contributed by atoms with Crippen molar-refractivity contribution in [3.8, 4) is 0 Å². The van der Waals surface area contributed by atoms with Gasteiger partial charge in [0.15, 0.2) is 0 Å². The van der Waals surface area contributed by atoms with Crippen molar-refractivity contribution >= 4 is 5.91 Å². The number of rotatable bonds is 4. The molecule has 0 radical (unpaired) electrons. The Morgan fingerprint density at radius 1 is 1.61 bits per heavy atom. The van der Waals surface area contributed by atoms with Crippen molar-refractivity contribution in [3.05, 3.63) is 30.1 Å². The molecule has 2 heterocycles. The van der Waals surface area contributed by atoms with Crippen molar-refractivity contribution in [3.63, 3.8) is 0 Å². The molecule has 5 nitrogen and oxygen atoms in total. The Morgan fingerprint density at radius 2 is 2.44 bits per heavy atom. The smallest absolute Gasteiger partial charge is 0.237 e. The molecule has 0 aliphatic carbocycles. The van der Waals surface area contributed by atoms with E-state index in [-0.39, 0.29) is 24.1 Å². The fraction of sp³-hybridized carbons (Fsp3) is 0.538. The van der Waals surface area contributed by atoms with E-state index in [0.29, 0.717) is 0 Å². The van der Waals surface area contributed by atoms with Gasteiger partial charge in [0.2, 0.25) is 5.91 Å². The summed E-state index contributed by atoms with van der Waals surface area (Å²) in [7, 11) is 1.67. The van der Waals surface area contributed by atoms with Crippen LogP contribution in [0.2, 0.25) is 0 Å². The number of hydrogen-bond acceptors (Lipinski definition) is 4. The lowest BCUT2D eigenvalue weighted by Gasteiger charge is -2.16. The summed E-state index contributed by atoms with van der Waals surface area (Å²) in [4.78, 5) is 16.3. The second-order valence-electron chi connectivity index (χ2n) is 4.54. The topological polar surface area (TPSA) is 63.2 Å². The highest BCUT2D eigenvalue weighted by atomic mass is 16.5. The summed E-state index contributed by atoms with van der Waals surface area (Å²) in [6, 6.07) is 5.44. The van der Waals surface area contributed by atoms with E-state index >= 15 is 0 Å². The first-order valence-electron chi connectivity index (χ1n) is 6.18. The SMILES string of the molecule is COC1CNC(C(=O)N[C@@H](C)c2ccccn2)C1. The van der Waals surface area contributed by atoms with Crippen LogP contribution >= 0.6 is 0 Å². The summed E-state index contributed by atoms with van der Waals surface area (Å²) in [5, 5.41) is 6.12. The highest BCUT2D eigenvalue weighted by Gasteiger charge is 2.29. The minimum absolute atomic E-state index is 0.00713. The highest BCUT2D eigenvalue weighted by Crippen LogP contribution is 2.12. The van der Waals surface area contributed by atoms with Gasteiger partial charge in [0, 0.05) is 19.9 Å². The average Bonchev–Trinajstić information content (AvgIpc) is 2.88. The Hall–Kier alpha value is -1.46. The van der Waals surface area contributed by atoms with E-state index in [1.54, 1.807) is 13.3 Å². The molecular weight excluding hydrogens is 230 g/mol. The fourth-order valence-corrected chi connectivity index (χ4v) is 2.10. The van der Waals surface area contributed by atoms with E-state index in [2.05, 4.69) is 15.6 Å². The second-order valence-corrected chi connectivity index (χ2v) is 4.54. The van der Waals surface area contributed by atoms with Crippen LogP contribution in [0.4, 0.5) is 0 Å². The van der Waals surface area contributed by atoms with Crippen molar-refractivity contribution < 1.29 is 9.53 Å². The Kier molecular flexibility index (Phi) is 4.28. The summed E-state index contributed by atoms with van der Waals surface area (Å²) in [6.07, 6.45) is 2.58. The van der Waals surface area contributed by atoms with Crippen molar-refractivity contribution in [2.45, 2.75) is 31.5 Å². The minimum Gasteiger partial charge on any atom is -0.380 e. The molecule has 18 heavy (non-hydrogen) atoms. The van der Waals surface area contributed by atoms with E-state index in [1.807, 2.05) is 25.1 Å². The third kappa shape index (κ3) is 3.05. The number of nitrogens with zero attached hydrogens (tertiary/aromatic N) is 1. The maximum Gasteiger partial charge on any atom is 0.237 e. The Bertz CT molecular complexity index is 396. The van der Waals surface area contributed by atoms with Crippen LogP contribution in [0.1, 0.15) is 25.1 Å². The van der Waals surface area contributed by atoms with E-state index in [4.69, 9.17) is 4.74 Å². The molecule has 1 aromatic rings. The number of nitrogens with one attached hydrogen (secondary N) is 2. The van der Waals surface area contributed by atoms with Crippen molar-refractivity contribution in [1.82, 2.24) is 15.6 Å². The Balaban J connectivity index is 1.88. The van der Waals surface area contributed by atoms with Gasteiger partial charge in [0.1, 0.15) is 0 Å². The van der Waals surface area contributed by atoms with Gasteiger partial charge in [-0.2, -0.15) is 0 Å². The largest absolute Gasteiger partial charge is 0.380 e. The molecule has 2 N–H and O–H groups in total. The van der Waals surface area contributed by atoms with Crippen molar-refractivity contribution in [1.29, 1.82) is 0 Å². The Labute approximate surface area is 107 Å². The number of aromatic nitrogens is 1. The molecule has 2 rings (SSSR count). The predicted molar refractivity (Wildman–Crippen MR) is 68.0 cm³/mol. The van der Waals surface area contributed by atoms with Gasteiger partial charge in [0.25, 0.3) is 0 Å². The van der Waals surface area contributed by atoms with Gasteiger partial charge in [-0.3, -0.25) is 9.78 Å². The molecule has 0 bridgehead atoms. The van der Waals surface area contributed by atoms with Gasteiger partial charge in [0.05, 0.1) is 23.9 Å². The lowest BCUT2D eigenvalue weighted by atomic mass is 10.1. The van der Waals surface area contributed by atoms with Crippen LogP contribution in [-0.2, 0) is 9.53 Å². The molecule has 2 unspecified atom stereocenters. The number of amides is 1. The summed E-state index contributed by atoms with van der Waals surface area (Å²) in [5.74, 6) is 0.00713. The minimum atomic E-state index is -0.166. The molecule has 5 heteroatoms. The third-order valence-corrected chi connectivity index (χ3v) is 3.23. The quantitative estimate of drug-likeness (QED) is 0.822. The summed E-state index contributed by atoms with van der Waals surface area (Å²) >= 11 is 0. The van der Waals surface area contributed by atoms with E-state index in [1.165, 1.54) is 0 Å². The number of hydrogen-bond donors (Lipinski definition) is 2. The van der Waals surface area contributed by atoms with Gasteiger partial charge in [-0.25, -0.2) is 0 Å². The van der Waals surface area contributed by atoms with Crippen LogP contribution in [0, 0.1) is 0 Å². The molecule has 98 valence electrons. The number of ether oxygens (including phenoxy) is 1. The van der Waals surface area contributed by atoms with E-state index in [0.717, 1.165) is 18.7 Å². The lowest BCUT2D eigenvalue weighted by Crippen LogP contribution is -2.41. The average molecular weight is 249 g/mol. The van der Waals surface area contributed by atoms with Crippen LogP contribution in [-0.4, -0.2) is 36.7 Å². The van der Waals surface area contributed by atoms with Gasteiger partial charge in [-0.1, -0.05) is 6.07 Å². The van der Waals surface area contributed by atoms with Crippen molar-refractivity contribution in [2.75, 3.05) is 13.7 Å². The highest BCUT2D eigenvalue weighted by molar-refractivity contribution is 5.82. The van der Waals surface area contributed by atoms with Crippen LogP contribution in [0.25, 0.3) is 0 Å². The number of methoxy groups -OCH3 is 1. The molecular formula is C13H19N3O2. The summed E-state index contributed by atoms with van der Waals surface area (Å²) in [5.41, 5.74) is 0.868. The van der Waals surface area contributed by atoms with Gasteiger partial charge < -0.3 is 15.4 Å². The first kappa shape index (κ1) is 13.0. The molecule has 1 aliphatic rings. The van der Waals surface area contributed by atoms with Crippen LogP contribution in [0.3, 0.4) is 0 Å². The number of pyridine rings is 1. The maximum absolute atomic E-state index is 12.0. The summed E-state index contributed by atoms with van der Waals surface area (Å²) < 4.78 is 5.23. The first-order valence-corrected chi connectivity index (χ1v) is 6.18. The van der Waals surface area contributed by atoms with Gasteiger partial charge >= 0.3 is 0 Å². The third-order valence-electron chi connectivity index (χ3n) is 3.23. The van der Waals surface area contributed by atoms with Crippen LogP contribution < -0.4 is 10.6 Å². The number of carbonyl (C=O) groups excluding carboxylic acids is 1. The lowest BCUT2D eigenvalue weighted by molar-refractivity contribution is -0.123. The molecule has 1 aliphatic heterocycles. The monoisotopic (exact) mass is 249 g/mol. The first-order chi connectivity index (χ1) is 8.70. The molecule has 1 amide bonds. The zero-order valence-electron chi connectivity index (χ0n) is 10.7. The Morgan fingerprint density at radius 3 is 3.06 bits per heavy atom. The molecule has 1 fully saturated rings. The molecule has 0 spiro atoms. The summed E-state index contributed by atoms with van der Waals surface area (Å²) in [6.45, 7) is 2.66. The second kappa shape index (κ2) is 5.93. The van der Waals surface area contributed by atoms with Gasteiger partial charge in [-0.05, 0) is 25.5 Å². The molecule has 1 aromatic heterocycles. The fourth-order valence-electron chi connectivity index (χ4n) is 2.10. The zero-order valence-corrected chi connectivity index (χ0v) is 10.7. The normalized spacial score (nSPS) is 24.8. The predicted octanol–water partition coefficient (Wildman–Crippen LogP) is 0.636. The molecule has 0 aromatic carbocycles. The molecule has 0 saturated carbocycles. The van der Waals surface area contributed by atoms with Crippen LogP contribution in [0.15, 0.2) is 24.4 Å². The van der Waals surface area contributed by atoms with Gasteiger partial charge in [-0.15, -0.1) is 0 Å². The number of carbonyl (C=O) groups is 1. The molecule has 1 saturated heterocycles. The van der Waals surface area contributed by atoms with E-state index < -0.39 is 0 Å². The van der Waals surface area contributed by atoms with Crippen LogP contribution in [0.5, 0.6) is 0 Å². The molecule has 3 atom stereocenters.